The Kier molecular flexibility index (Phi) is 10.6. The molecule has 0 radical (unpaired) electrons. The predicted octanol–water partition coefficient (Wildman–Crippen LogP) is 9.51. The Morgan fingerprint density at radius 2 is 1.32 bits per heavy atom. The molecule has 0 N–H and O–H groups in total. The van der Waals surface area contributed by atoms with E-state index in [1.54, 1.807) is 0 Å². The second-order valence-corrected chi connectivity index (χ2v) is 9.90. The minimum atomic E-state index is 0.677. The van der Waals surface area contributed by atoms with Gasteiger partial charge >= 0.3 is 0 Å². The summed E-state index contributed by atoms with van der Waals surface area (Å²) in [5.74, 6) is 1.65. The smallest absolute Gasteiger partial charge is 0.0434 e. The molecule has 2 aromatic rings. The van der Waals surface area contributed by atoms with Crippen molar-refractivity contribution in [2.75, 3.05) is 0 Å². The van der Waals surface area contributed by atoms with Crippen LogP contribution >= 0.6 is 0 Å². The molecule has 1 fully saturated rings. The van der Waals surface area contributed by atoms with E-state index in [4.69, 9.17) is 4.98 Å². The molecule has 1 nitrogen and oxygen atoms in total. The van der Waals surface area contributed by atoms with Gasteiger partial charge in [-0.25, -0.2) is 0 Å². The van der Waals surface area contributed by atoms with Gasteiger partial charge < -0.3 is 0 Å². The van der Waals surface area contributed by atoms with Gasteiger partial charge in [0.1, 0.15) is 0 Å². The van der Waals surface area contributed by atoms with Crippen molar-refractivity contribution in [3.8, 4) is 11.1 Å². The van der Waals surface area contributed by atoms with E-state index in [1.165, 1.54) is 119 Å². The Bertz CT molecular complexity index is 707. The number of benzene rings is 1. The van der Waals surface area contributed by atoms with Crippen LogP contribution in [0.4, 0.5) is 0 Å². The van der Waals surface area contributed by atoms with Crippen LogP contribution in [0.2, 0.25) is 0 Å². The van der Waals surface area contributed by atoms with E-state index >= 15 is 0 Å². The first kappa shape index (κ1) is 24.0. The fraction of sp³-hybridized carbons (Fsp3) is 0.633. The van der Waals surface area contributed by atoms with E-state index in [1.807, 2.05) is 0 Å². The third-order valence-corrected chi connectivity index (χ3v) is 7.37. The van der Waals surface area contributed by atoms with Gasteiger partial charge in [-0.05, 0) is 61.6 Å². The van der Waals surface area contributed by atoms with Crippen LogP contribution in [0.15, 0.2) is 42.6 Å². The minimum absolute atomic E-state index is 0.677. The van der Waals surface area contributed by atoms with Crippen LogP contribution < -0.4 is 0 Å². The van der Waals surface area contributed by atoms with Crippen LogP contribution in [-0.4, -0.2) is 4.98 Å². The van der Waals surface area contributed by atoms with Crippen molar-refractivity contribution in [2.24, 2.45) is 5.92 Å². The number of nitrogens with zero attached hydrogens (tertiary/aromatic N) is 1. The molecule has 0 amide bonds. The summed E-state index contributed by atoms with van der Waals surface area (Å²) in [6.45, 7) is 4.58. The summed E-state index contributed by atoms with van der Waals surface area (Å²) in [4.78, 5) is 4.89. The highest BCUT2D eigenvalue weighted by molar-refractivity contribution is 5.62. The van der Waals surface area contributed by atoms with Crippen LogP contribution in [0.1, 0.15) is 121 Å². The first-order valence-electron chi connectivity index (χ1n) is 13.4. The van der Waals surface area contributed by atoms with Crippen molar-refractivity contribution in [1.29, 1.82) is 0 Å². The van der Waals surface area contributed by atoms with E-state index in [2.05, 4.69) is 56.4 Å². The Balaban J connectivity index is 1.44. The summed E-state index contributed by atoms with van der Waals surface area (Å²) >= 11 is 0. The lowest BCUT2D eigenvalue weighted by Gasteiger charge is -2.28. The minimum Gasteiger partial charge on any atom is -0.260 e. The summed E-state index contributed by atoms with van der Waals surface area (Å²) in [6.07, 6.45) is 22.6. The molecule has 1 aliphatic rings. The lowest BCUT2D eigenvalue weighted by atomic mass is 9.78. The summed E-state index contributed by atoms with van der Waals surface area (Å²) in [5.41, 5.74) is 5.33. The lowest BCUT2D eigenvalue weighted by Crippen LogP contribution is -2.14. The Morgan fingerprint density at radius 3 is 1.97 bits per heavy atom. The number of aryl methyl sites for hydroxylation is 1. The van der Waals surface area contributed by atoms with Gasteiger partial charge in [0.05, 0.1) is 0 Å². The summed E-state index contributed by atoms with van der Waals surface area (Å²) < 4.78 is 0. The summed E-state index contributed by atoms with van der Waals surface area (Å²) in [5, 5.41) is 0. The fourth-order valence-corrected chi connectivity index (χ4v) is 5.22. The van der Waals surface area contributed by atoms with Crippen LogP contribution in [0.3, 0.4) is 0 Å². The molecular weight excluding hydrogens is 374 g/mol. The molecule has 0 spiro atoms. The van der Waals surface area contributed by atoms with Gasteiger partial charge in [0.25, 0.3) is 0 Å². The van der Waals surface area contributed by atoms with E-state index in [0.717, 1.165) is 5.92 Å². The molecule has 0 bridgehead atoms. The maximum Gasteiger partial charge on any atom is 0.0434 e. The van der Waals surface area contributed by atoms with Crippen molar-refractivity contribution in [2.45, 2.75) is 116 Å². The highest BCUT2D eigenvalue weighted by Crippen LogP contribution is 2.37. The molecule has 1 saturated carbocycles. The van der Waals surface area contributed by atoms with Gasteiger partial charge in [0.2, 0.25) is 0 Å². The van der Waals surface area contributed by atoms with Gasteiger partial charge in [-0.15, -0.1) is 0 Å². The lowest BCUT2D eigenvalue weighted by molar-refractivity contribution is 0.299. The predicted molar refractivity (Wildman–Crippen MR) is 136 cm³/mol. The molecule has 1 aliphatic carbocycles. The first-order chi connectivity index (χ1) is 15.3. The molecule has 170 valence electrons. The van der Waals surface area contributed by atoms with Gasteiger partial charge in [0.15, 0.2) is 0 Å². The molecule has 0 atom stereocenters. The van der Waals surface area contributed by atoms with E-state index in [0.29, 0.717) is 5.92 Å². The topological polar surface area (TPSA) is 12.9 Å². The highest BCUT2D eigenvalue weighted by Gasteiger charge is 2.22. The molecule has 1 aromatic heterocycles. The number of hydrogen-bond donors (Lipinski definition) is 0. The molecular formula is C30H45N. The molecule has 0 aliphatic heterocycles. The second-order valence-electron chi connectivity index (χ2n) is 9.90. The zero-order valence-electron chi connectivity index (χ0n) is 20.2. The van der Waals surface area contributed by atoms with Gasteiger partial charge in [-0.3, -0.25) is 4.98 Å². The second kappa shape index (κ2) is 13.7. The SMILES string of the molecule is CCCCCCCc1ccc(-c2ccc([C@H]3CC[C@H](CCCCCC)CC3)nc2)cc1. The third kappa shape index (κ3) is 8.09. The van der Waals surface area contributed by atoms with Crippen molar-refractivity contribution in [3.05, 3.63) is 53.9 Å². The Hall–Kier alpha value is -1.63. The standard InChI is InChI=1S/C30H45N/c1-3-5-7-9-11-13-25-14-18-27(19-15-25)29-22-23-30(31-24-29)28-20-16-26(17-21-28)12-10-8-6-4-2/h14-15,18-19,22-24,26,28H,3-13,16-17,20-21H2,1-2H3/t26-,28-. The van der Waals surface area contributed by atoms with E-state index in [9.17, 15) is 0 Å². The normalized spacial score (nSPS) is 18.9. The maximum absolute atomic E-state index is 4.89. The number of rotatable bonds is 13. The zero-order valence-corrected chi connectivity index (χ0v) is 20.2. The van der Waals surface area contributed by atoms with Crippen LogP contribution in [-0.2, 0) is 6.42 Å². The quantitative estimate of drug-likeness (QED) is 0.294. The van der Waals surface area contributed by atoms with Crippen LogP contribution in [0, 0.1) is 5.92 Å². The Morgan fingerprint density at radius 1 is 0.677 bits per heavy atom. The maximum atomic E-state index is 4.89. The third-order valence-electron chi connectivity index (χ3n) is 7.37. The number of unbranched alkanes of at least 4 members (excludes halogenated alkanes) is 7. The Labute approximate surface area is 192 Å². The molecule has 1 heteroatoms. The van der Waals surface area contributed by atoms with Crippen LogP contribution in [0.5, 0.6) is 0 Å². The zero-order chi connectivity index (χ0) is 21.7. The van der Waals surface area contributed by atoms with Gasteiger partial charge in [-0.2, -0.15) is 0 Å². The summed E-state index contributed by atoms with van der Waals surface area (Å²) in [7, 11) is 0. The van der Waals surface area contributed by atoms with Crippen molar-refractivity contribution in [3.63, 3.8) is 0 Å². The molecule has 0 saturated heterocycles. The van der Waals surface area contributed by atoms with Crippen molar-refractivity contribution < 1.29 is 0 Å². The van der Waals surface area contributed by atoms with Crippen molar-refractivity contribution in [1.82, 2.24) is 4.98 Å². The van der Waals surface area contributed by atoms with E-state index in [-0.39, 0.29) is 0 Å². The van der Waals surface area contributed by atoms with Crippen molar-refractivity contribution >= 4 is 0 Å². The average Bonchev–Trinajstić information content (AvgIpc) is 2.83. The van der Waals surface area contributed by atoms with Crippen LogP contribution in [0.25, 0.3) is 11.1 Å². The highest BCUT2D eigenvalue weighted by atomic mass is 14.7. The molecule has 0 unspecified atom stereocenters. The largest absolute Gasteiger partial charge is 0.260 e. The number of aromatic nitrogens is 1. The average molecular weight is 420 g/mol. The first-order valence-corrected chi connectivity index (χ1v) is 13.4. The molecule has 3 rings (SSSR count). The molecule has 31 heavy (non-hydrogen) atoms. The van der Waals surface area contributed by atoms with Gasteiger partial charge in [0, 0.05) is 23.4 Å². The van der Waals surface area contributed by atoms with Gasteiger partial charge in [-0.1, -0.05) is 102 Å². The number of pyridine rings is 1. The fourth-order valence-electron chi connectivity index (χ4n) is 5.22. The monoisotopic (exact) mass is 419 g/mol. The number of hydrogen-bond acceptors (Lipinski definition) is 1. The van der Waals surface area contributed by atoms with E-state index < -0.39 is 0 Å². The molecule has 1 aromatic carbocycles. The summed E-state index contributed by atoms with van der Waals surface area (Å²) in [6, 6.07) is 13.8. The molecule has 1 heterocycles.